The minimum absolute atomic E-state index is 0. The van der Waals surface area contributed by atoms with E-state index in [1.807, 2.05) is 13.0 Å². The molecule has 1 aromatic rings. The molecule has 5 heteroatoms. The number of pyridine rings is 1. The zero-order chi connectivity index (χ0) is 13.7. The molecular formula is C14H22F2N2O. The SMILES string of the molecule is CCc1ccc([C@H]2CCOC2)c(CNCC(F)F)n1.[HH]. The van der Waals surface area contributed by atoms with E-state index in [9.17, 15) is 8.78 Å². The second-order valence-electron chi connectivity index (χ2n) is 4.77. The van der Waals surface area contributed by atoms with Gasteiger partial charge in [0.1, 0.15) is 0 Å². The van der Waals surface area contributed by atoms with Crippen molar-refractivity contribution < 1.29 is 14.9 Å². The molecule has 1 aliphatic heterocycles. The van der Waals surface area contributed by atoms with E-state index in [1.54, 1.807) is 0 Å². The molecule has 1 aliphatic rings. The Hall–Kier alpha value is -1.07. The maximum Gasteiger partial charge on any atom is 0.250 e. The molecule has 2 heterocycles. The van der Waals surface area contributed by atoms with Crippen molar-refractivity contribution in [3.8, 4) is 0 Å². The predicted molar refractivity (Wildman–Crippen MR) is 71.6 cm³/mol. The summed E-state index contributed by atoms with van der Waals surface area (Å²) in [4.78, 5) is 4.57. The van der Waals surface area contributed by atoms with Crippen molar-refractivity contribution in [3.63, 3.8) is 0 Å². The van der Waals surface area contributed by atoms with Gasteiger partial charge in [0.25, 0.3) is 6.43 Å². The fraction of sp³-hybridized carbons (Fsp3) is 0.643. The Bertz CT molecular complexity index is 412. The predicted octanol–water partition coefficient (Wildman–Crippen LogP) is 2.75. The topological polar surface area (TPSA) is 34.1 Å². The molecule has 108 valence electrons. The summed E-state index contributed by atoms with van der Waals surface area (Å²) in [6.07, 6.45) is -0.495. The zero-order valence-corrected chi connectivity index (χ0v) is 11.2. The third-order valence-electron chi connectivity index (χ3n) is 3.39. The molecule has 1 fully saturated rings. The first-order valence-electron chi connectivity index (χ1n) is 6.76. The van der Waals surface area contributed by atoms with Crippen molar-refractivity contribution in [2.24, 2.45) is 0 Å². The summed E-state index contributed by atoms with van der Waals surface area (Å²) >= 11 is 0. The first kappa shape index (κ1) is 14.3. The van der Waals surface area contributed by atoms with Gasteiger partial charge in [-0.3, -0.25) is 4.98 Å². The fourth-order valence-electron chi connectivity index (χ4n) is 2.35. The van der Waals surface area contributed by atoms with E-state index in [4.69, 9.17) is 4.74 Å². The van der Waals surface area contributed by atoms with Crippen LogP contribution in [-0.4, -0.2) is 31.2 Å². The van der Waals surface area contributed by atoms with E-state index < -0.39 is 6.43 Å². The van der Waals surface area contributed by atoms with Gasteiger partial charge in [-0.15, -0.1) is 0 Å². The van der Waals surface area contributed by atoms with Gasteiger partial charge in [0.2, 0.25) is 0 Å². The van der Waals surface area contributed by atoms with Gasteiger partial charge < -0.3 is 10.1 Å². The summed E-state index contributed by atoms with van der Waals surface area (Å²) < 4.78 is 29.8. The van der Waals surface area contributed by atoms with Crippen LogP contribution >= 0.6 is 0 Å². The highest BCUT2D eigenvalue weighted by molar-refractivity contribution is 5.27. The van der Waals surface area contributed by atoms with Crippen LogP contribution < -0.4 is 5.32 Å². The number of rotatable bonds is 6. The van der Waals surface area contributed by atoms with Crippen molar-refractivity contribution in [2.75, 3.05) is 19.8 Å². The van der Waals surface area contributed by atoms with Crippen LogP contribution in [-0.2, 0) is 17.7 Å². The molecule has 2 rings (SSSR count). The van der Waals surface area contributed by atoms with Crippen LogP contribution in [0, 0.1) is 0 Å². The van der Waals surface area contributed by atoms with Crippen molar-refractivity contribution >= 4 is 0 Å². The number of nitrogens with zero attached hydrogens (tertiary/aromatic N) is 1. The second-order valence-corrected chi connectivity index (χ2v) is 4.77. The van der Waals surface area contributed by atoms with Crippen molar-refractivity contribution in [3.05, 3.63) is 29.1 Å². The number of nitrogens with one attached hydrogen (secondary N) is 1. The summed E-state index contributed by atoms with van der Waals surface area (Å²) in [6.45, 7) is 3.61. The van der Waals surface area contributed by atoms with Crippen LogP contribution in [0.25, 0.3) is 0 Å². The van der Waals surface area contributed by atoms with Gasteiger partial charge in [-0.05, 0) is 24.5 Å². The van der Waals surface area contributed by atoms with Gasteiger partial charge in [0.05, 0.1) is 18.8 Å². The minimum Gasteiger partial charge on any atom is -0.381 e. The Morgan fingerprint density at radius 1 is 1.53 bits per heavy atom. The third-order valence-corrected chi connectivity index (χ3v) is 3.39. The summed E-state index contributed by atoms with van der Waals surface area (Å²) in [5.41, 5.74) is 3.02. The number of ether oxygens (including phenoxy) is 1. The summed E-state index contributed by atoms with van der Waals surface area (Å²) in [5.74, 6) is 0.349. The van der Waals surface area contributed by atoms with E-state index in [1.165, 1.54) is 0 Å². The largest absolute Gasteiger partial charge is 0.381 e. The number of aryl methyl sites for hydroxylation is 1. The molecule has 0 saturated carbocycles. The molecule has 3 nitrogen and oxygen atoms in total. The van der Waals surface area contributed by atoms with E-state index in [-0.39, 0.29) is 7.97 Å². The molecule has 19 heavy (non-hydrogen) atoms. The Balaban J connectivity index is 0.00000200. The van der Waals surface area contributed by atoms with E-state index in [0.29, 0.717) is 19.1 Å². The van der Waals surface area contributed by atoms with Gasteiger partial charge in [-0.25, -0.2) is 8.78 Å². The van der Waals surface area contributed by atoms with Gasteiger partial charge in [-0.1, -0.05) is 13.0 Å². The highest BCUT2D eigenvalue weighted by Gasteiger charge is 2.21. The lowest BCUT2D eigenvalue weighted by Crippen LogP contribution is -2.23. The molecule has 1 atom stereocenters. The molecule has 1 saturated heterocycles. The summed E-state index contributed by atoms with van der Waals surface area (Å²) in [6, 6.07) is 4.09. The first-order valence-corrected chi connectivity index (χ1v) is 6.76. The maximum absolute atomic E-state index is 12.2. The molecule has 0 aliphatic carbocycles. The van der Waals surface area contributed by atoms with E-state index in [2.05, 4.69) is 16.4 Å². The van der Waals surface area contributed by atoms with E-state index in [0.717, 1.165) is 36.4 Å². The van der Waals surface area contributed by atoms with Gasteiger partial charge in [0.15, 0.2) is 0 Å². The number of hydrogen-bond donors (Lipinski definition) is 1. The summed E-state index contributed by atoms with van der Waals surface area (Å²) in [7, 11) is 0. The summed E-state index contributed by atoms with van der Waals surface area (Å²) in [5, 5.41) is 2.76. The van der Waals surface area contributed by atoms with Crippen molar-refractivity contribution in [1.29, 1.82) is 0 Å². The Kier molecular flexibility index (Phi) is 5.22. The van der Waals surface area contributed by atoms with Crippen LogP contribution in [0.1, 0.15) is 37.6 Å². The average Bonchev–Trinajstić information content (AvgIpc) is 2.92. The molecular weight excluding hydrogens is 250 g/mol. The van der Waals surface area contributed by atoms with Crippen LogP contribution in [0.5, 0.6) is 0 Å². The monoisotopic (exact) mass is 272 g/mol. The number of aromatic nitrogens is 1. The second kappa shape index (κ2) is 6.91. The smallest absolute Gasteiger partial charge is 0.250 e. The Labute approximate surface area is 113 Å². The highest BCUT2D eigenvalue weighted by Crippen LogP contribution is 2.27. The van der Waals surface area contributed by atoms with E-state index >= 15 is 0 Å². The quantitative estimate of drug-likeness (QED) is 0.864. The molecule has 1 aromatic heterocycles. The Morgan fingerprint density at radius 2 is 2.37 bits per heavy atom. The lowest BCUT2D eigenvalue weighted by Gasteiger charge is -2.15. The van der Waals surface area contributed by atoms with Gasteiger partial charge in [0, 0.05) is 26.2 Å². The highest BCUT2D eigenvalue weighted by atomic mass is 19.3. The molecule has 0 amide bonds. The Morgan fingerprint density at radius 3 is 3.00 bits per heavy atom. The third kappa shape index (κ3) is 3.94. The number of hydrogen-bond acceptors (Lipinski definition) is 3. The minimum atomic E-state index is -2.33. The molecule has 0 radical (unpaired) electrons. The van der Waals surface area contributed by atoms with Gasteiger partial charge in [-0.2, -0.15) is 0 Å². The molecule has 0 unspecified atom stereocenters. The van der Waals surface area contributed by atoms with Gasteiger partial charge >= 0.3 is 0 Å². The van der Waals surface area contributed by atoms with Crippen LogP contribution in [0.4, 0.5) is 8.78 Å². The fourth-order valence-corrected chi connectivity index (χ4v) is 2.35. The first-order chi connectivity index (χ1) is 9.20. The standard InChI is InChI=1S/C14H20F2N2O.H2/c1-2-11-3-4-12(10-5-6-19-9-10)13(18-11)7-17-8-14(15)16;/h3-4,10,14,17H,2,5-9H2,1H3;1H/t10-;/m0./s1. The van der Waals surface area contributed by atoms with Crippen LogP contribution in [0.2, 0.25) is 0 Å². The number of alkyl halides is 2. The maximum atomic E-state index is 12.2. The van der Waals surface area contributed by atoms with Crippen molar-refractivity contribution in [1.82, 2.24) is 10.3 Å². The lowest BCUT2D eigenvalue weighted by atomic mass is 9.96. The van der Waals surface area contributed by atoms with Crippen molar-refractivity contribution in [2.45, 2.75) is 38.7 Å². The average molecular weight is 272 g/mol. The van der Waals surface area contributed by atoms with Crippen LogP contribution in [0.3, 0.4) is 0 Å². The van der Waals surface area contributed by atoms with Crippen LogP contribution in [0.15, 0.2) is 12.1 Å². The molecule has 0 spiro atoms. The number of halogens is 2. The molecule has 1 N–H and O–H groups in total. The normalized spacial score (nSPS) is 19.3. The molecule has 0 aromatic carbocycles. The molecule has 0 bridgehead atoms. The zero-order valence-electron chi connectivity index (χ0n) is 11.2. The lowest BCUT2D eigenvalue weighted by molar-refractivity contribution is 0.145.